The molecule has 32 heavy (non-hydrogen) atoms. The van der Waals surface area contributed by atoms with Gasteiger partial charge in [-0.05, 0) is 47.6 Å². The van der Waals surface area contributed by atoms with Crippen molar-refractivity contribution in [2.45, 2.75) is 70.0 Å². The van der Waals surface area contributed by atoms with E-state index in [0.717, 1.165) is 43.7 Å². The van der Waals surface area contributed by atoms with Gasteiger partial charge in [0.15, 0.2) is 0 Å². The predicted octanol–water partition coefficient (Wildman–Crippen LogP) is 5.51. The molecule has 1 saturated carbocycles. The Morgan fingerprint density at radius 1 is 0.969 bits per heavy atom. The number of nitrogens with two attached hydrogens (primary N) is 1. The first kappa shape index (κ1) is 23.8. The number of alkyl halides is 3. The molecule has 0 bridgehead atoms. The minimum Gasteiger partial charge on any atom is -0.366 e. The molecule has 172 valence electrons. The minimum atomic E-state index is -4.75. The van der Waals surface area contributed by atoms with Crippen LogP contribution in [0.1, 0.15) is 90.4 Å². The summed E-state index contributed by atoms with van der Waals surface area (Å²) in [6.45, 7) is 4.04. The lowest BCUT2D eigenvalue weighted by molar-refractivity contribution is -0.138. The fraction of sp³-hybridized carbons (Fsp3) is 0.440. The normalized spacial score (nSPS) is 16.1. The summed E-state index contributed by atoms with van der Waals surface area (Å²) in [5.41, 5.74) is 5.25. The van der Waals surface area contributed by atoms with E-state index in [-0.39, 0.29) is 23.1 Å². The van der Waals surface area contributed by atoms with Gasteiger partial charge < -0.3 is 11.1 Å². The molecule has 1 aliphatic rings. The van der Waals surface area contributed by atoms with Crippen molar-refractivity contribution in [3.05, 3.63) is 70.3 Å². The Balaban J connectivity index is 2.09. The minimum absolute atomic E-state index is 0.0482. The van der Waals surface area contributed by atoms with Crippen LogP contribution in [-0.2, 0) is 11.0 Å². The Hall–Kier alpha value is -2.83. The molecule has 2 amide bonds. The Morgan fingerprint density at radius 3 is 2.09 bits per heavy atom. The van der Waals surface area contributed by atoms with Gasteiger partial charge in [0, 0.05) is 11.6 Å². The molecule has 0 spiro atoms. The van der Waals surface area contributed by atoms with Gasteiger partial charge in [-0.15, -0.1) is 0 Å². The molecule has 3 N–H and O–H groups in total. The van der Waals surface area contributed by atoms with E-state index in [0.29, 0.717) is 5.56 Å². The van der Waals surface area contributed by atoms with E-state index in [1.807, 2.05) is 26.0 Å². The number of primary amides is 1. The molecule has 7 heteroatoms. The highest BCUT2D eigenvalue weighted by Gasteiger charge is 2.38. The summed E-state index contributed by atoms with van der Waals surface area (Å²) in [5.74, 6) is -2.33. The summed E-state index contributed by atoms with van der Waals surface area (Å²) in [7, 11) is 0. The van der Waals surface area contributed by atoms with Gasteiger partial charge in [-0.3, -0.25) is 9.59 Å². The molecule has 0 aromatic heterocycles. The van der Waals surface area contributed by atoms with Crippen LogP contribution in [0.15, 0.2) is 42.5 Å². The third-order valence-electron chi connectivity index (χ3n) is 6.10. The standard InChI is InChI=1S/C25H29F3N2O2/c1-15(2)16-8-10-17(11-9-16)22(24(32)30-19-6-4-3-5-7-19)20-13-12-18(23(29)31)14-21(20)25(26,27)28/h8-15,19,22H,3-7H2,1-2H3,(H2,29,31)(H,30,32). The van der Waals surface area contributed by atoms with E-state index < -0.39 is 29.5 Å². The van der Waals surface area contributed by atoms with Crippen molar-refractivity contribution < 1.29 is 22.8 Å². The summed E-state index contributed by atoms with van der Waals surface area (Å²) in [4.78, 5) is 24.9. The Kier molecular flexibility index (Phi) is 7.26. The number of nitrogens with one attached hydrogen (secondary N) is 1. The fourth-order valence-electron chi connectivity index (χ4n) is 4.28. The van der Waals surface area contributed by atoms with Crippen molar-refractivity contribution in [2.24, 2.45) is 5.73 Å². The van der Waals surface area contributed by atoms with Crippen LogP contribution in [0.3, 0.4) is 0 Å². The highest BCUT2D eigenvalue weighted by Crippen LogP contribution is 2.39. The first-order valence-corrected chi connectivity index (χ1v) is 11.0. The maximum absolute atomic E-state index is 14.0. The lowest BCUT2D eigenvalue weighted by Crippen LogP contribution is -2.40. The van der Waals surface area contributed by atoms with Crippen molar-refractivity contribution in [3.63, 3.8) is 0 Å². The van der Waals surface area contributed by atoms with E-state index in [2.05, 4.69) is 5.32 Å². The molecule has 4 nitrogen and oxygen atoms in total. The number of benzene rings is 2. The second-order valence-electron chi connectivity index (χ2n) is 8.76. The van der Waals surface area contributed by atoms with Gasteiger partial charge in [0.25, 0.3) is 0 Å². The van der Waals surface area contributed by atoms with Gasteiger partial charge in [0.05, 0.1) is 11.5 Å². The Labute approximate surface area is 186 Å². The van der Waals surface area contributed by atoms with Gasteiger partial charge >= 0.3 is 6.18 Å². The average molecular weight is 447 g/mol. The highest BCUT2D eigenvalue weighted by atomic mass is 19.4. The topological polar surface area (TPSA) is 72.2 Å². The number of amides is 2. The maximum atomic E-state index is 14.0. The summed E-state index contributed by atoms with van der Waals surface area (Å²) < 4.78 is 41.9. The smallest absolute Gasteiger partial charge is 0.366 e. The third kappa shape index (κ3) is 5.50. The number of rotatable bonds is 6. The first-order chi connectivity index (χ1) is 15.1. The Bertz CT molecular complexity index is 962. The van der Waals surface area contributed by atoms with Crippen molar-refractivity contribution >= 4 is 11.8 Å². The van der Waals surface area contributed by atoms with E-state index in [9.17, 15) is 22.8 Å². The lowest BCUT2D eigenvalue weighted by atomic mass is 9.84. The zero-order valence-corrected chi connectivity index (χ0v) is 18.3. The molecule has 1 fully saturated rings. The first-order valence-electron chi connectivity index (χ1n) is 11.0. The molecule has 3 rings (SSSR count). The van der Waals surface area contributed by atoms with E-state index in [1.165, 1.54) is 12.1 Å². The van der Waals surface area contributed by atoms with Crippen LogP contribution in [0.2, 0.25) is 0 Å². The number of hydrogen-bond donors (Lipinski definition) is 2. The van der Waals surface area contributed by atoms with Crippen LogP contribution < -0.4 is 11.1 Å². The molecule has 0 saturated heterocycles. The molecule has 2 aromatic carbocycles. The zero-order valence-electron chi connectivity index (χ0n) is 18.3. The highest BCUT2D eigenvalue weighted by molar-refractivity contribution is 5.94. The monoisotopic (exact) mass is 446 g/mol. The van der Waals surface area contributed by atoms with Crippen LogP contribution in [0.25, 0.3) is 0 Å². The second kappa shape index (κ2) is 9.76. The van der Waals surface area contributed by atoms with Gasteiger partial charge in [-0.1, -0.05) is 63.4 Å². The summed E-state index contributed by atoms with van der Waals surface area (Å²) in [5, 5.41) is 2.97. The molecule has 2 aromatic rings. The van der Waals surface area contributed by atoms with Crippen LogP contribution >= 0.6 is 0 Å². The third-order valence-corrected chi connectivity index (χ3v) is 6.10. The number of hydrogen-bond acceptors (Lipinski definition) is 2. The Morgan fingerprint density at radius 2 is 1.56 bits per heavy atom. The van der Waals surface area contributed by atoms with Crippen molar-refractivity contribution in [3.8, 4) is 0 Å². The van der Waals surface area contributed by atoms with Crippen LogP contribution in [-0.4, -0.2) is 17.9 Å². The van der Waals surface area contributed by atoms with E-state index in [4.69, 9.17) is 5.73 Å². The van der Waals surface area contributed by atoms with Crippen molar-refractivity contribution in [1.29, 1.82) is 0 Å². The molecular formula is C25H29F3N2O2. The van der Waals surface area contributed by atoms with Crippen LogP contribution in [0.5, 0.6) is 0 Å². The van der Waals surface area contributed by atoms with E-state index in [1.54, 1.807) is 12.1 Å². The number of carbonyl (C=O) groups excluding carboxylic acids is 2. The molecule has 1 unspecified atom stereocenters. The predicted molar refractivity (Wildman–Crippen MR) is 117 cm³/mol. The van der Waals surface area contributed by atoms with Gasteiger partial charge in [0.1, 0.15) is 0 Å². The SMILES string of the molecule is CC(C)c1ccc(C(C(=O)NC2CCCCC2)c2ccc(C(N)=O)cc2C(F)(F)F)cc1. The lowest BCUT2D eigenvalue weighted by Gasteiger charge is -2.27. The van der Waals surface area contributed by atoms with Crippen molar-refractivity contribution in [1.82, 2.24) is 5.32 Å². The molecule has 1 aliphatic carbocycles. The van der Waals surface area contributed by atoms with Crippen molar-refractivity contribution in [2.75, 3.05) is 0 Å². The summed E-state index contributed by atoms with van der Waals surface area (Å²) in [6.07, 6.45) is -0.0457. The van der Waals surface area contributed by atoms with Crippen LogP contribution in [0.4, 0.5) is 13.2 Å². The van der Waals surface area contributed by atoms with Gasteiger partial charge in [0.2, 0.25) is 11.8 Å². The summed E-state index contributed by atoms with van der Waals surface area (Å²) >= 11 is 0. The quantitative estimate of drug-likeness (QED) is 0.614. The van der Waals surface area contributed by atoms with Gasteiger partial charge in [-0.2, -0.15) is 13.2 Å². The maximum Gasteiger partial charge on any atom is 0.416 e. The number of halogens is 3. The zero-order chi connectivity index (χ0) is 23.5. The van der Waals surface area contributed by atoms with E-state index >= 15 is 0 Å². The molecule has 1 atom stereocenters. The second-order valence-corrected chi connectivity index (χ2v) is 8.76. The number of carbonyl (C=O) groups is 2. The molecule has 0 radical (unpaired) electrons. The van der Waals surface area contributed by atoms with Gasteiger partial charge in [-0.25, -0.2) is 0 Å². The molecule has 0 heterocycles. The molecule has 0 aliphatic heterocycles. The summed E-state index contributed by atoms with van der Waals surface area (Å²) in [6, 6.07) is 10.2. The molecular weight excluding hydrogens is 417 g/mol. The largest absolute Gasteiger partial charge is 0.416 e. The average Bonchev–Trinajstić information content (AvgIpc) is 2.74. The van der Waals surface area contributed by atoms with Crippen LogP contribution in [0, 0.1) is 0 Å². The fourth-order valence-corrected chi connectivity index (χ4v) is 4.28.